The van der Waals surface area contributed by atoms with Crippen molar-refractivity contribution >= 4 is 0 Å². The lowest BCUT2D eigenvalue weighted by Gasteiger charge is -2.66. The molecule has 0 bridgehead atoms. The van der Waals surface area contributed by atoms with Crippen LogP contribution >= 0.6 is 0 Å². The van der Waals surface area contributed by atoms with E-state index in [4.69, 9.17) is 9.47 Å². The predicted molar refractivity (Wildman–Crippen MR) is 159 cm³/mol. The molecule has 17 atom stereocenters. The lowest BCUT2D eigenvalue weighted by molar-refractivity contribution is -0.280. The van der Waals surface area contributed by atoms with E-state index in [1.807, 2.05) is 20.8 Å². The maximum absolute atomic E-state index is 12.5. The topological polar surface area (TPSA) is 201 Å². The monoisotopic (exact) mass is 630 g/mol. The number of rotatable bonds is 9. The van der Waals surface area contributed by atoms with E-state index in [2.05, 4.69) is 13.8 Å². The Kier molecular flexibility index (Phi) is 9.69. The van der Waals surface area contributed by atoms with Crippen LogP contribution in [0.5, 0.6) is 0 Å². The Morgan fingerprint density at radius 3 is 2.11 bits per heavy atom. The van der Waals surface area contributed by atoms with Crippen molar-refractivity contribution in [2.45, 2.75) is 146 Å². The molecule has 4 aliphatic carbocycles. The molecule has 1 heterocycles. The summed E-state index contributed by atoms with van der Waals surface area (Å²) in [5.41, 5.74) is -3.38. The van der Waals surface area contributed by atoms with Crippen LogP contribution in [0.15, 0.2) is 0 Å². The van der Waals surface area contributed by atoms with Crippen molar-refractivity contribution in [3.8, 4) is 0 Å². The molecule has 5 fully saturated rings. The standard InChI is InChI=1S/C33H58O11/c1-16(2)32(15-35,44-29-27(41)26(40)22(14-34)43-29)11-6-17(3)18-12-20(37)28-30(18,4)10-8-23-31(5)9-7-19(36)25(39)24(31)21(38)13-33(23,28)42/h16-29,34-42H,6-15H2,1-5H3/t17-,18-,19+,20-,21+,22-,23-,24+,25+,26-,27+,28-,29-,30-,31-,32+,33+/m1/s1. The molecule has 256 valence electrons. The predicted octanol–water partition coefficient (Wildman–Crippen LogP) is 0.293. The fraction of sp³-hybridized carbons (Fsp3) is 1.00. The summed E-state index contributed by atoms with van der Waals surface area (Å²) in [5.74, 6) is -1.27. The number of aliphatic hydroxyl groups is 9. The van der Waals surface area contributed by atoms with E-state index in [1.54, 1.807) is 0 Å². The zero-order valence-electron chi connectivity index (χ0n) is 27.0. The molecule has 4 saturated carbocycles. The Balaban J connectivity index is 1.34. The summed E-state index contributed by atoms with van der Waals surface area (Å²) >= 11 is 0. The van der Waals surface area contributed by atoms with Crippen LogP contribution in [0.1, 0.15) is 86.0 Å². The summed E-state index contributed by atoms with van der Waals surface area (Å²) in [6, 6.07) is 0. The highest BCUT2D eigenvalue weighted by Crippen LogP contribution is 2.70. The van der Waals surface area contributed by atoms with E-state index >= 15 is 0 Å². The van der Waals surface area contributed by atoms with Gasteiger partial charge in [-0.3, -0.25) is 0 Å². The van der Waals surface area contributed by atoms with Gasteiger partial charge < -0.3 is 55.4 Å². The molecule has 5 aliphatic rings. The van der Waals surface area contributed by atoms with Gasteiger partial charge in [-0.2, -0.15) is 0 Å². The van der Waals surface area contributed by atoms with Gasteiger partial charge in [-0.15, -0.1) is 0 Å². The van der Waals surface area contributed by atoms with Gasteiger partial charge in [0.15, 0.2) is 6.29 Å². The zero-order chi connectivity index (χ0) is 32.6. The first-order valence-electron chi connectivity index (χ1n) is 16.9. The highest BCUT2D eigenvalue weighted by molar-refractivity contribution is 5.21. The SMILES string of the molecule is CC(C)[C@@](CO)(CC[C@@H](C)[C@H]1C[C@@H](O)[C@@H]2[C@]1(C)CC[C@@H]1[C@@]3(C)CC[C@H](O)[C@H](O)[C@@H]3[C@@H](O)C[C@]12O)O[C@H]1O[C@H](CO)[C@@H](O)[C@@H]1O. The summed E-state index contributed by atoms with van der Waals surface area (Å²) in [6.45, 7) is 9.33. The fourth-order valence-electron chi connectivity index (χ4n) is 11.2. The van der Waals surface area contributed by atoms with Gasteiger partial charge in [0.2, 0.25) is 0 Å². The minimum Gasteiger partial charge on any atom is -0.394 e. The molecule has 5 rings (SSSR count). The van der Waals surface area contributed by atoms with Gasteiger partial charge in [0.1, 0.15) is 18.3 Å². The number of fused-ring (bicyclic) bond motifs is 5. The van der Waals surface area contributed by atoms with Crippen molar-refractivity contribution in [3.63, 3.8) is 0 Å². The Labute approximate surface area is 261 Å². The number of ether oxygens (including phenoxy) is 2. The minimum absolute atomic E-state index is 0.0476. The number of hydrogen-bond donors (Lipinski definition) is 9. The van der Waals surface area contributed by atoms with Gasteiger partial charge in [0.25, 0.3) is 0 Å². The first-order valence-corrected chi connectivity index (χ1v) is 16.9. The summed E-state index contributed by atoms with van der Waals surface area (Å²) in [6.07, 6.45) is -4.48. The molecule has 9 N–H and O–H groups in total. The summed E-state index contributed by atoms with van der Waals surface area (Å²) < 4.78 is 11.8. The van der Waals surface area contributed by atoms with Crippen LogP contribution in [-0.2, 0) is 9.47 Å². The minimum atomic E-state index is -1.37. The van der Waals surface area contributed by atoms with Gasteiger partial charge in [0.05, 0.1) is 48.8 Å². The van der Waals surface area contributed by atoms with Crippen LogP contribution in [0.3, 0.4) is 0 Å². The molecule has 0 aromatic carbocycles. The summed E-state index contributed by atoms with van der Waals surface area (Å²) in [5, 5.41) is 97.7. The van der Waals surface area contributed by atoms with Crippen LogP contribution in [-0.4, -0.2) is 119 Å². The summed E-state index contributed by atoms with van der Waals surface area (Å²) in [7, 11) is 0. The molecule has 0 aromatic rings. The zero-order valence-corrected chi connectivity index (χ0v) is 27.0. The van der Waals surface area contributed by atoms with Crippen LogP contribution in [0.4, 0.5) is 0 Å². The van der Waals surface area contributed by atoms with E-state index in [0.717, 1.165) is 6.42 Å². The van der Waals surface area contributed by atoms with E-state index in [9.17, 15) is 46.0 Å². The maximum atomic E-state index is 12.5. The van der Waals surface area contributed by atoms with E-state index < -0.39 is 89.5 Å². The van der Waals surface area contributed by atoms with Gasteiger partial charge in [-0.1, -0.05) is 34.6 Å². The molecule has 0 radical (unpaired) electrons. The second-order valence-electron chi connectivity index (χ2n) is 16.1. The molecule has 0 spiro atoms. The van der Waals surface area contributed by atoms with Crippen molar-refractivity contribution in [1.82, 2.24) is 0 Å². The summed E-state index contributed by atoms with van der Waals surface area (Å²) in [4.78, 5) is 0. The normalized spacial score (nSPS) is 52.7. The first-order chi connectivity index (χ1) is 20.5. The smallest absolute Gasteiger partial charge is 0.187 e. The fourth-order valence-corrected chi connectivity index (χ4v) is 11.2. The quantitative estimate of drug-likeness (QED) is 0.170. The van der Waals surface area contributed by atoms with Crippen molar-refractivity contribution in [1.29, 1.82) is 0 Å². The molecule has 1 aliphatic heterocycles. The molecule has 1 saturated heterocycles. The van der Waals surface area contributed by atoms with E-state index in [0.29, 0.717) is 38.5 Å². The Morgan fingerprint density at radius 2 is 1.52 bits per heavy atom. The molecular weight excluding hydrogens is 572 g/mol. The van der Waals surface area contributed by atoms with Gasteiger partial charge in [0, 0.05) is 18.3 Å². The van der Waals surface area contributed by atoms with Gasteiger partial charge in [-0.05, 0) is 79.4 Å². The van der Waals surface area contributed by atoms with E-state index in [1.165, 1.54) is 0 Å². The Bertz CT molecular complexity index is 1010. The molecule has 0 amide bonds. The van der Waals surface area contributed by atoms with Crippen molar-refractivity contribution in [3.05, 3.63) is 0 Å². The Hall–Kier alpha value is -0.440. The van der Waals surface area contributed by atoms with Crippen LogP contribution in [0, 0.1) is 46.3 Å². The highest BCUT2D eigenvalue weighted by atomic mass is 16.7. The lowest BCUT2D eigenvalue weighted by Crippen LogP contribution is -2.70. The second-order valence-corrected chi connectivity index (χ2v) is 16.1. The largest absolute Gasteiger partial charge is 0.394 e. The first kappa shape index (κ1) is 34.9. The van der Waals surface area contributed by atoms with Crippen molar-refractivity contribution in [2.75, 3.05) is 13.2 Å². The second kappa shape index (κ2) is 12.2. The molecule has 11 heteroatoms. The molecule has 0 unspecified atom stereocenters. The Morgan fingerprint density at radius 1 is 0.864 bits per heavy atom. The number of hydrogen-bond acceptors (Lipinski definition) is 11. The van der Waals surface area contributed by atoms with Gasteiger partial charge >= 0.3 is 0 Å². The van der Waals surface area contributed by atoms with Crippen LogP contribution in [0.2, 0.25) is 0 Å². The van der Waals surface area contributed by atoms with Crippen LogP contribution in [0.25, 0.3) is 0 Å². The third kappa shape index (κ3) is 5.21. The average molecular weight is 631 g/mol. The lowest BCUT2D eigenvalue weighted by atomic mass is 9.41. The number of aliphatic hydroxyl groups excluding tert-OH is 8. The molecule has 11 nitrogen and oxygen atoms in total. The van der Waals surface area contributed by atoms with Crippen molar-refractivity contribution < 1.29 is 55.4 Å². The van der Waals surface area contributed by atoms with E-state index in [-0.39, 0.29) is 36.7 Å². The maximum Gasteiger partial charge on any atom is 0.187 e. The van der Waals surface area contributed by atoms with Crippen LogP contribution < -0.4 is 0 Å². The van der Waals surface area contributed by atoms with Gasteiger partial charge in [-0.25, -0.2) is 0 Å². The average Bonchev–Trinajstić information content (AvgIpc) is 3.39. The molecule has 44 heavy (non-hydrogen) atoms. The third-order valence-corrected chi connectivity index (χ3v) is 13.7. The highest BCUT2D eigenvalue weighted by Gasteiger charge is 2.71. The third-order valence-electron chi connectivity index (χ3n) is 13.7. The molecular formula is C33H58O11. The van der Waals surface area contributed by atoms with Crippen molar-refractivity contribution in [2.24, 2.45) is 46.3 Å². The molecule has 0 aromatic heterocycles.